The Morgan fingerprint density at radius 1 is 1.04 bits per heavy atom. The summed E-state index contributed by atoms with van der Waals surface area (Å²) in [6, 6.07) is 9.28. The Hall–Kier alpha value is -2.42. The predicted octanol–water partition coefficient (Wildman–Crippen LogP) is 4.54. The molecule has 0 aromatic heterocycles. The zero-order valence-corrected chi connectivity index (χ0v) is 13.4. The maximum absolute atomic E-state index is 10.3. The summed E-state index contributed by atoms with van der Waals surface area (Å²) in [7, 11) is 0. The van der Waals surface area contributed by atoms with Crippen molar-refractivity contribution < 1.29 is 10.2 Å². The van der Waals surface area contributed by atoms with Gasteiger partial charge in [0.15, 0.2) is 0 Å². The van der Waals surface area contributed by atoms with E-state index in [4.69, 9.17) is 0 Å². The molecule has 3 heteroatoms. The summed E-state index contributed by atoms with van der Waals surface area (Å²) in [6.07, 6.45) is 5.55. The van der Waals surface area contributed by atoms with Crippen molar-refractivity contribution in [3.05, 3.63) is 64.7 Å². The molecule has 0 spiro atoms. The van der Waals surface area contributed by atoms with E-state index in [2.05, 4.69) is 43.4 Å². The maximum Gasteiger partial charge on any atom is 0.124 e. The lowest BCUT2D eigenvalue weighted by Gasteiger charge is -2.39. The van der Waals surface area contributed by atoms with Crippen LogP contribution in [0.5, 0.6) is 11.5 Å². The third-order valence-electron chi connectivity index (χ3n) is 5.30. The van der Waals surface area contributed by atoms with Gasteiger partial charge in [0.05, 0.1) is 6.04 Å². The van der Waals surface area contributed by atoms with Crippen LogP contribution in [-0.4, -0.2) is 10.2 Å². The summed E-state index contributed by atoms with van der Waals surface area (Å²) in [4.78, 5) is 0. The summed E-state index contributed by atoms with van der Waals surface area (Å²) in [5.74, 6) is 1.01. The SMILES string of the molecule is Cc1ccc(C)c2c1NC(c1ccc(O)cc1O)C1CC=CC21. The predicted molar refractivity (Wildman–Crippen MR) is 92.0 cm³/mol. The van der Waals surface area contributed by atoms with E-state index in [1.807, 2.05) is 6.07 Å². The molecule has 23 heavy (non-hydrogen) atoms. The highest BCUT2D eigenvalue weighted by atomic mass is 16.3. The zero-order chi connectivity index (χ0) is 16.1. The molecule has 2 aromatic rings. The van der Waals surface area contributed by atoms with E-state index in [1.54, 1.807) is 6.07 Å². The van der Waals surface area contributed by atoms with E-state index in [1.165, 1.54) is 28.4 Å². The highest BCUT2D eigenvalue weighted by Gasteiger charge is 2.40. The molecule has 0 amide bonds. The highest BCUT2D eigenvalue weighted by molar-refractivity contribution is 5.67. The molecule has 1 aliphatic carbocycles. The number of allylic oxidation sites excluding steroid dienone is 2. The highest BCUT2D eigenvalue weighted by Crippen LogP contribution is 2.52. The molecular weight excluding hydrogens is 286 g/mol. The fourth-order valence-corrected chi connectivity index (χ4v) is 4.15. The topological polar surface area (TPSA) is 52.5 Å². The number of rotatable bonds is 1. The van der Waals surface area contributed by atoms with Gasteiger partial charge in [0.1, 0.15) is 11.5 Å². The molecule has 3 nitrogen and oxygen atoms in total. The van der Waals surface area contributed by atoms with Crippen molar-refractivity contribution in [3.8, 4) is 11.5 Å². The van der Waals surface area contributed by atoms with Gasteiger partial charge in [0, 0.05) is 23.2 Å². The summed E-state index contributed by atoms with van der Waals surface area (Å²) in [5, 5.41) is 23.6. The standard InChI is InChI=1S/C20H21NO2/c1-11-6-7-12(2)19-18(11)14-4-3-5-15(14)20(21-19)16-9-8-13(22)10-17(16)23/h3-4,6-10,14-15,20-23H,5H2,1-2H3. The quantitative estimate of drug-likeness (QED) is 0.678. The third kappa shape index (κ3) is 2.11. The molecule has 3 N–H and O–H groups in total. The number of aryl methyl sites for hydroxylation is 2. The Kier molecular flexibility index (Phi) is 3.12. The van der Waals surface area contributed by atoms with Crippen molar-refractivity contribution in [3.63, 3.8) is 0 Å². The smallest absolute Gasteiger partial charge is 0.124 e. The van der Waals surface area contributed by atoms with E-state index >= 15 is 0 Å². The first-order valence-electron chi connectivity index (χ1n) is 8.11. The lowest BCUT2D eigenvalue weighted by atomic mass is 9.75. The van der Waals surface area contributed by atoms with Crippen LogP contribution in [-0.2, 0) is 0 Å². The van der Waals surface area contributed by atoms with Gasteiger partial charge in [-0.2, -0.15) is 0 Å². The Bertz CT molecular complexity index is 810. The van der Waals surface area contributed by atoms with Crippen molar-refractivity contribution in [2.75, 3.05) is 5.32 Å². The molecule has 4 rings (SSSR count). The average molecular weight is 307 g/mol. The van der Waals surface area contributed by atoms with Crippen LogP contribution in [0.3, 0.4) is 0 Å². The van der Waals surface area contributed by atoms with Gasteiger partial charge in [-0.25, -0.2) is 0 Å². The number of fused-ring (bicyclic) bond motifs is 3. The van der Waals surface area contributed by atoms with E-state index < -0.39 is 0 Å². The second-order valence-electron chi connectivity index (χ2n) is 6.71. The minimum Gasteiger partial charge on any atom is -0.508 e. The van der Waals surface area contributed by atoms with Gasteiger partial charge in [-0.3, -0.25) is 0 Å². The summed E-state index contributed by atoms with van der Waals surface area (Å²) in [6.45, 7) is 4.29. The van der Waals surface area contributed by atoms with Crippen molar-refractivity contribution in [1.29, 1.82) is 0 Å². The third-order valence-corrected chi connectivity index (χ3v) is 5.30. The van der Waals surface area contributed by atoms with E-state index in [0.717, 1.165) is 12.0 Å². The molecule has 1 heterocycles. The minimum atomic E-state index is 0.0450. The van der Waals surface area contributed by atoms with Gasteiger partial charge in [0.25, 0.3) is 0 Å². The van der Waals surface area contributed by atoms with Crippen molar-refractivity contribution in [1.82, 2.24) is 0 Å². The average Bonchev–Trinajstić information content (AvgIpc) is 3.00. The van der Waals surface area contributed by atoms with Crippen LogP contribution < -0.4 is 5.32 Å². The number of phenols is 2. The van der Waals surface area contributed by atoms with Crippen molar-refractivity contribution in [2.45, 2.75) is 32.2 Å². The summed E-state index contributed by atoms with van der Waals surface area (Å²) >= 11 is 0. The fraction of sp³-hybridized carbons (Fsp3) is 0.300. The molecule has 118 valence electrons. The maximum atomic E-state index is 10.3. The Morgan fingerprint density at radius 2 is 1.83 bits per heavy atom. The molecular formula is C20H21NO2. The van der Waals surface area contributed by atoms with Gasteiger partial charge in [-0.05, 0) is 55.0 Å². The molecule has 2 aliphatic rings. The van der Waals surface area contributed by atoms with Crippen LogP contribution in [0.15, 0.2) is 42.5 Å². The second-order valence-corrected chi connectivity index (χ2v) is 6.71. The molecule has 3 unspecified atom stereocenters. The van der Waals surface area contributed by atoms with Crippen molar-refractivity contribution >= 4 is 5.69 Å². The number of aromatic hydroxyl groups is 2. The number of phenolic OH excluding ortho intramolecular Hbond substituents is 2. The number of hydrogen-bond donors (Lipinski definition) is 3. The van der Waals surface area contributed by atoms with E-state index in [0.29, 0.717) is 11.8 Å². The first-order valence-corrected chi connectivity index (χ1v) is 8.11. The van der Waals surface area contributed by atoms with Crippen LogP contribution >= 0.6 is 0 Å². The Morgan fingerprint density at radius 3 is 2.61 bits per heavy atom. The van der Waals surface area contributed by atoms with Crippen LogP contribution in [0.2, 0.25) is 0 Å². The summed E-state index contributed by atoms with van der Waals surface area (Å²) in [5.41, 5.74) is 5.97. The lowest BCUT2D eigenvalue weighted by Crippen LogP contribution is -2.30. The molecule has 2 aromatic carbocycles. The minimum absolute atomic E-state index is 0.0450. The number of hydrogen-bond acceptors (Lipinski definition) is 3. The second kappa shape index (κ2) is 5.05. The first kappa shape index (κ1) is 14.2. The zero-order valence-electron chi connectivity index (χ0n) is 13.4. The molecule has 1 aliphatic heterocycles. The molecule has 0 fully saturated rings. The molecule has 3 atom stereocenters. The van der Waals surface area contributed by atoms with Gasteiger partial charge in [-0.1, -0.05) is 24.3 Å². The largest absolute Gasteiger partial charge is 0.508 e. The van der Waals surface area contributed by atoms with Gasteiger partial charge in [0.2, 0.25) is 0 Å². The first-order chi connectivity index (χ1) is 11.1. The van der Waals surface area contributed by atoms with E-state index in [-0.39, 0.29) is 17.5 Å². The number of anilines is 1. The molecule has 0 saturated heterocycles. The fourth-order valence-electron chi connectivity index (χ4n) is 4.15. The number of benzene rings is 2. The Labute approximate surface area is 136 Å². The monoisotopic (exact) mass is 307 g/mol. The molecule has 0 radical (unpaired) electrons. The Balaban J connectivity index is 1.86. The van der Waals surface area contributed by atoms with Crippen LogP contribution in [0, 0.1) is 19.8 Å². The van der Waals surface area contributed by atoms with E-state index in [9.17, 15) is 10.2 Å². The van der Waals surface area contributed by atoms with Crippen LogP contribution in [0.4, 0.5) is 5.69 Å². The lowest BCUT2D eigenvalue weighted by molar-refractivity contribution is 0.397. The van der Waals surface area contributed by atoms with Gasteiger partial charge < -0.3 is 15.5 Å². The number of nitrogens with one attached hydrogen (secondary N) is 1. The van der Waals surface area contributed by atoms with Crippen LogP contribution in [0.25, 0.3) is 0 Å². The molecule has 0 saturated carbocycles. The summed E-state index contributed by atoms with van der Waals surface area (Å²) < 4.78 is 0. The van der Waals surface area contributed by atoms with Gasteiger partial charge >= 0.3 is 0 Å². The van der Waals surface area contributed by atoms with Crippen molar-refractivity contribution in [2.24, 2.45) is 5.92 Å². The molecule has 0 bridgehead atoms. The van der Waals surface area contributed by atoms with Gasteiger partial charge in [-0.15, -0.1) is 0 Å². The normalized spacial score (nSPS) is 24.9. The van der Waals surface area contributed by atoms with Crippen LogP contribution in [0.1, 0.15) is 40.6 Å².